The molecular weight excluding hydrogens is 609 g/mol. The fraction of sp³-hybridized carbons (Fsp3) is 0.345. The number of nitriles is 1. The third-order valence-corrected chi connectivity index (χ3v) is 7.61. The molecule has 5 rings (SSSR count). The lowest BCUT2D eigenvalue weighted by atomic mass is 10.0. The van der Waals surface area contributed by atoms with Crippen molar-refractivity contribution in [2.75, 3.05) is 25.0 Å². The molecule has 4 aromatic rings. The molecule has 1 aliphatic rings. The molecule has 3 aromatic heterocycles. The van der Waals surface area contributed by atoms with Crippen LogP contribution in [0.4, 0.5) is 24.7 Å². The maximum absolute atomic E-state index is 13.8. The van der Waals surface area contributed by atoms with Crippen LogP contribution in [0.3, 0.4) is 0 Å². The van der Waals surface area contributed by atoms with Gasteiger partial charge in [0.05, 0.1) is 35.8 Å². The highest BCUT2D eigenvalue weighted by atomic mass is 19.4. The second-order valence-corrected chi connectivity index (χ2v) is 10.3. The number of hydrogen-bond donors (Lipinski definition) is 3. The number of hydrogen-bond acceptors (Lipinski definition) is 10. The summed E-state index contributed by atoms with van der Waals surface area (Å²) in [7, 11) is 0. The highest BCUT2D eigenvalue weighted by Crippen LogP contribution is 2.38. The summed E-state index contributed by atoms with van der Waals surface area (Å²) in [4.78, 5) is 47.6. The second-order valence-electron chi connectivity index (χ2n) is 10.3. The Morgan fingerprint density at radius 2 is 2.09 bits per heavy atom. The lowest BCUT2D eigenvalue weighted by molar-refractivity contribution is -0.141. The van der Waals surface area contributed by atoms with Crippen molar-refractivity contribution in [2.24, 2.45) is 5.73 Å². The topological polar surface area (TPSA) is 186 Å². The standard InChI is InChI=1S/C29H29F3N10O4/c1-2-18-19(28(45)37-14-23(44)41-9-3-4-17(41)12-34)5-6-21(24(18)46-16-43)38-26-27-36-13-22(42(27)11-8-35-26)20-15-40(10-7-33)39-25(20)29(30,31)32/h5-6,8,11,13,15-17H,2-4,9-10,12,14,34H2,1H3,(H,35,38)(H,37,45). The van der Waals surface area contributed by atoms with Gasteiger partial charge in [-0.3, -0.25) is 23.5 Å². The fourth-order valence-electron chi connectivity index (χ4n) is 5.54. The van der Waals surface area contributed by atoms with E-state index in [1.807, 2.05) is 0 Å². The van der Waals surface area contributed by atoms with Crippen LogP contribution in [-0.4, -0.2) is 73.0 Å². The van der Waals surface area contributed by atoms with Crippen molar-refractivity contribution in [3.05, 3.63) is 53.7 Å². The van der Waals surface area contributed by atoms with Crippen LogP contribution in [0, 0.1) is 11.3 Å². The first-order valence-corrected chi connectivity index (χ1v) is 14.3. The molecule has 0 radical (unpaired) electrons. The maximum atomic E-state index is 13.8. The van der Waals surface area contributed by atoms with Crippen LogP contribution in [0.25, 0.3) is 16.9 Å². The summed E-state index contributed by atoms with van der Waals surface area (Å²) in [5.74, 6) is -0.675. The minimum atomic E-state index is -4.80. The molecule has 1 aliphatic heterocycles. The average molecular weight is 639 g/mol. The van der Waals surface area contributed by atoms with Gasteiger partial charge in [-0.05, 0) is 31.4 Å². The number of aromatic nitrogens is 5. The van der Waals surface area contributed by atoms with Crippen LogP contribution in [0.5, 0.6) is 5.75 Å². The number of halogens is 3. The Morgan fingerprint density at radius 3 is 2.78 bits per heavy atom. The van der Waals surface area contributed by atoms with Crippen molar-refractivity contribution >= 4 is 35.4 Å². The van der Waals surface area contributed by atoms with E-state index in [9.17, 15) is 27.6 Å². The van der Waals surface area contributed by atoms with Gasteiger partial charge in [-0.25, -0.2) is 9.97 Å². The van der Waals surface area contributed by atoms with E-state index in [0.717, 1.165) is 23.7 Å². The number of imidazole rings is 1. The number of benzene rings is 1. The van der Waals surface area contributed by atoms with Gasteiger partial charge in [0.1, 0.15) is 6.54 Å². The minimum Gasteiger partial charge on any atom is -0.426 e. The first-order chi connectivity index (χ1) is 22.1. The molecular formula is C29H29F3N10O4. The zero-order valence-corrected chi connectivity index (χ0v) is 24.5. The number of fused-ring (bicyclic) bond motifs is 1. The number of alkyl halides is 3. The smallest absolute Gasteiger partial charge is 0.426 e. The van der Waals surface area contributed by atoms with Gasteiger partial charge in [0.2, 0.25) is 5.91 Å². The SMILES string of the molecule is CCc1c(C(=O)NCC(=O)N2CCCC2CN)ccc(Nc2nccn3c(-c4cn(CC#N)nc4C(F)(F)F)cnc23)c1OC=O. The molecule has 17 heteroatoms. The molecule has 4 heterocycles. The van der Waals surface area contributed by atoms with Crippen molar-refractivity contribution in [3.63, 3.8) is 0 Å². The molecule has 0 saturated carbocycles. The van der Waals surface area contributed by atoms with E-state index in [-0.39, 0.29) is 77.7 Å². The van der Waals surface area contributed by atoms with Crippen LogP contribution in [-0.2, 0) is 28.7 Å². The van der Waals surface area contributed by atoms with E-state index in [2.05, 4.69) is 25.7 Å². The number of carbonyl (C=O) groups excluding carboxylic acids is 3. The van der Waals surface area contributed by atoms with Crippen LogP contribution in [0.1, 0.15) is 41.4 Å². The van der Waals surface area contributed by atoms with E-state index < -0.39 is 17.8 Å². The summed E-state index contributed by atoms with van der Waals surface area (Å²) in [5.41, 5.74) is 5.23. The first kappa shape index (κ1) is 31.9. The summed E-state index contributed by atoms with van der Waals surface area (Å²) in [6, 6.07) is 4.67. The van der Waals surface area contributed by atoms with Gasteiger partial charge in [-0.15, -0.1) is 0 Å². The number of ether oxygens (including phenoxy) is 1. The number of amides is 2. The van der Waals surface area contributed by atoms with Crippen molar-refractivity contribution in [1.82, 2.24) is 34.4 Å². The molecule has 240 valence electrons. The highest BCUT2D eigenvalue weighted by molar-refractivity contribution is 5.99. The Labute approximate surface area is 260 Å². The number of nitrogens with two attached hydrogens (primary N) is 1. The first-order valence-electron chi connectivity index (χ1n) is 14.3. The van der Waals surface area contributed by atoms with Crippen LogP contribution >= 0.6 is 0 Å². The molecule has 46 heavy (non-hydrogen) atoms. The van der Waals surface area contributed by atoms with Gasteiger partial charge in [0.15, 0.2) is 22.9 Å². The minimum absolute atomic E-state index is 0.0203. The van der Waals surface area contributed by atoms with Crippen molar-refractivity contribution < 1.29 is 32.3 Å². The molecule has 0 aliphatic carbocycles. The van der Waals surface area contributed by atoms with Gasteiger partial charge < -0.3 is 26.0 Å². The summed E-state index contributed by atoms with van der Waals surface area (Å²) >= 11 is 0. The van der Waals surface area contributed by atoms with E-state index >= 15 is 0 Å². The predicted molar refractivity (Wildman–Crippen MR) is 157 cm³/mol. The zero-order chi connectivity index (χ0) is 33.0. The van der Waals surface area contributed by atoms with E-state index in [1.54, 1.807) is 17.9 Å². The number of nitrogens with one attached hydrogen (secondary N) is 2. The summed E-state index contributed by atoms with van der Waals surface area (Å²) in [5, 5.41) is 18.1. The molecule has 1 aromatic carbocycles. The molecule has 2 amide bonds. The van der Waals surface area contributed by atoms with Crippen LogP contribution in [0.15, 0.2) is 36.9 Å². The van der Waals surface area contributed by atoms with Gasteiger partial charge in [-0.2, -0.15) is 23.5 Å². The number of anilines is 2. The number of rotatable bonds is 11. The number of carbonyl (C=O) groups is 3. The van der Waals surface area contributed by atoms with Crippen LogP contribution in [0.2, 0.25) is 0 Å². The van der Waals surface area contributed by atoms with Crippen molar-refractivity contribution in [2.45, 2.75) is 44.9 Å². The third-order valence-electron chi connectivity index (χ3n) is 7.61. The van der Waals surface area contributed by atoms with Crippen LogP contribution < -0.4 is 21.1 Å². The lowest BCUT2D eigenvalue weighted by Gasteiger charge is -2.23. The van der Waals surface area contributed by atoms with Crippen molar-refractivity contribution in [1.29, 1.82) is 5.26 Å². The van der Waals surface area contributed by atoms with E-state index in [1.165, 1.54) is 35.1 Å². The Balaban J connectivity index is 1.45. The number of likely N-dealkylation sites (tertiary alicyclic amines) is 1. The molecule has 1 saturated heterocycles. The summed E-state index contributed by atoms with van der Waals surface area (Å²) in [6.07, 6.45) is 2.20. The van der Waals surface area contributed by atoms with Gasteiger partial charge >= 0.3 is 6.18 Å². The Hall–Kier alpha value is -5.50. The average Bonchev–Trinajstić information content (AvgIpc) is 3.79. The highest BCUT2D eigenvalue weighted by Gasteiger charge is 2.38. The molecule has 1 fully saturated rings. The monoisotopic (exact) mass is 638 g/mol. The molecule has 1 atom stereocenters. The van der Waals surface area contributed by atoms with E-state index in [0.29, 0.717) is 18.7 Å². The summed E-state index contributed by atoms with van der Waals surface area (Å²) in [6.45, 7) is 2.24. The Kier molecular flexibility index (Phi) is 9.18. The predicted octanol–water partition coefficient (Wildman–Crippen LogP) is 2.66. The summed E-state index contributed by atoms with van der Waals surface area (Å²) < 4.78 is 49.0. The quantitative estimate of drug-likeness (QED) is 0.206. The molecule has 4 N–H and O–H groups in total. The number of nitrogens with zero attached hydrogens (tertiary/aromatic N) is 7. The van der Waals surface area contributed by atoms with Crippen molar-refractivity contribution in [3.8, 4) is 23.1 Å². The normalized spacial score (nSPS) is 14.7. The van der Waals surface area contributed by atoms with Gasteiger partial charge in [0.25, 0.3) is 12.4 Å². The molecule has 14 nitrogen and oxygen atoms in total. The Morgan fingerprint density at radius 1 is 1.28 bits per heavy atom. The zero-order valence-electron chi connectivity index (χ0n) is 24.5. The fourth-order valence-corrected chi connectivity index (χ4v) is 5.54. The Bertz CT molecular complexity index is 1830. The lowest BCUT2D eigenvalue weighted by Crippen LogP contribution is -2.45. The second kappa shape index (κ2) is 13.2. The molecule has 0 spiro atoms. The third kappa shape index (κ3) is 6.19. The maximum Gasteiger partial charge on any atom is 0.435 e. The van der Waals surface area contributed by atoms with Gasteiger partial charge in [-0.1, -0.05) is 6.92 Å². The van der Waals surface area contributed by atoms with Gasteiger partial charge in [0, 0.05) is 48.8 Å². The molecule has 1 unspecified atom stereocenters. The largest absolute Gasteiger partial charge is 0.435 e. The van der Waals surface area contributed by atoms with E-state index in [4.69, 9.17) is 15.7 Å². The molecule has 0 bridgehead atoms.